The average molecular weight is 469 g/mol. The molecule has 1 aliphatic carbocycles. The molecule has 0 radical (unpaired) electrons. The molecule has 1 fully saturated rings. The van der Waals surface area contributed by atoms with E-state index in [0.717, 1.165) is 21.3 Å². The summed E-state index contributed by atoms with van der Waals surface area (Å²) in [4.78, 5) is 19.3. The zero-order chi connectivity index (χ0) is 23.2. The number of aryl methyl sites for hydroxylation is 2. The molecule has 1 saturated carbocycles. The first-order valence-corrected chi connectivity index (χ1v) is 11.5. The number of carbonyl (C=O) groups is 1. The van der Waals surface area contributed by atoms with Crippen LogP contribution in [0.2, 0.25) is 0 Å². The molecule has 2 aromatic carbocycles. The van der Waals surface area contributed by atoms with Gasteiger partial charge in [-0.05, 0) is 41.7 Å². The number of alkyl halides is 2. The highest BCUT2D eigenvalue weighted by Crippen LogP contribution is 2.46. The molecule has 10 heteroatoms. The number of nitrogens with one attached hydrogen (secondary N) is 1. The van der Waals surface area contributed by atoms with Gasteiger partial charge in [-0.15, -0.1) is 10.2 Å². The molecule has 7 nitrogen and oxygen atoms in total. The summed E-state index contributed by atoms with van der Waals surface area (Å²) in [5, 5.41) is 15.4. The number of halogens is 2. The number of tetrazole rings is 1. The van der Waals surface area contributed by atoms with E-state index in [9.17, 15) is 13.6 Å². The van der Waals surface area contributed by atoms with E-state index in [1.165, 1.54) is 16.1 Å². The van der Waals surface area contributed by atoms with Gasteiger partial charge in [0.2, 0.25) is 17.7 Å². The molecule has 0 aliphatic heterocycles. The van der Waals surface area contributed by atoms with Crippen LogP contribution < -0.4 is 5.32 Å². The van der Waals surface area contributed by atoms with Crippen LogP contribution in [0.4, 0.5) is 13.9 Å². The molecular weight excluding hydrogens is 446 g/mol. The van der Waals surface area contributed by atoms with Crippen LogP contribution in [0.1, 0.15) is 36.3 Å². The van der Waals surface area contributed by atoms with Gasteiger partial charge in [0, 0.05) is 18.4 Å². The lowest BCUT2D eigenvalue weighted by Crippen LogP contribution is -2.27. The van der Waals surface area contributed by atoms with Gasteiger partial charge in [0.25, 0.3) is 0 Å². The Labute approximate surface area is 192 Å². The smallest absolute Gasteiger partial charge is 0.248 e. The predicted octanol–water partition coefficient (Wildman–Crippen LogP) is 4.95. The van der Waals surface area contributed by atoms with Gasteiger partial charge in [0.15, 0.2) is 5.13 Å². The third kappa shape index (κ3) is 4.35. The van der Waals surface area contributed by atoms with Gasteiger partial charge in [0.05, 0.1) is 23.2 Å². The second-order valence-electron chi connectivity index (χ2n) is 8.49. The molecule has 0 spiro atoms. The lowest BCUT2D eigenvalue weighted by molar-refractivity contribution is -0.118. The van der Waals surface area contributed by atoms with Crippen LogP contribution in [0.5, 0.6) is 0 Å². The highest BCUT2D eigenvalue weighted by Gasteiger charge is 2.45. The van der Waals surface area contributed by atoms with E-state index >= 15 is 0 Å². The SMILES string of the molecule is Cc1cccc2sc(NC(=O)[C@H](c3ccc(-c4nnn(C)n4)cc3)[C@H]3CCC(F)(F)C3)nc12. The first-order chi connectivity index (χ1) is 15.8. The molecule has 0 bridgehead atoms. The fourth-order valence-electron chi connectivity index (χ4n) is 4.47. The first kappa shape index (κ1) is 21.6. The summed E-state index contributed by atoms with van der Waals surface area (Å²) in [6.07, 6.45) is -0.224. The molecule has 4 aromatic rings. The number of hydrogen-bond donors (Lipinski definition) is 1. The van der Waals surface area contributed by atoms with Crippen molar-refractivity contribution in [1.29, 1.82) is 0 Å². The molecule has 33 heavy (non-hydrogen) atoms. The molecule has 170 valence electrons. The molecule has 5 rings (SSSR count). The second kappa shape index (κ2) is 8.26. The third-order valence-electron chi connectivity index (χ3n) is 6.08. The summed E-state index contributed by atoms with van der Waals surface area (Å²) in [5.74, 6) is -3.78. The van der Waals surface area contributed by atoms with Crippen LogP contribution in [-0.2, 0) is 11.8 Å². The van der Waals surface area contributed by atoms with E-state index in [0.29, 0.717) is 16.5 Å². The zero-order valence-corrected chi connectivity index (χ0v) is 18.9. The van der Waals surface area contributed by atoms with Gasteiger partial charge in [0.1, 0.15) is 0 Å². The minimum absolute atomic E-state index is 0.205. The van der Waals surface area contributed by atoms with E-state index in [-0.39, 0.29) is 25.2 Å². The number of nitrogens with zero attached hydrogens (tertiary/aromatic N) is 5. The molecule has 0 unspecified atom stereocenters. The molecule has 2 heterocycles. The van der Waals surface area contributed by atoms with Gasteiger partial charge in [-0.1, -0.05) is 47.7 Å². The van der Waals surface area contributed by atoms with Crippen molar-refractivity contribution in [1.82, 2.24) is 25.2 Å². The Bertz CT molecular complexity index is 1320. The predicted molar refractivity (Wildman–Crippen MR) is 122 cm³/mol. The maximum Gasteiger partial charge on any atom is 0.248 e. The monoisotopic (exact) mass is 468 g/mol. The third-order valence-corrected chi connectivity index (χ3v) is 7.02. The van der Waals surface area contributed by atoms with Gasteiger partial charge in [-0.2, -0.15) is 4.80 Å². The minimum atomic E-state index is -2.75. The molecular formula is C23H22F2N6OS. The Morgan fingerprint density at radius 2 is 2.03 bits per heavy atom. The van der Waals surface area contributed by atoms with Crippen molar-refractivity contribution in [3.05, 3.63) is 53.6 Å². The first-order valence-electron chi connectivity index (χ1n) is 10.7. The van der Waals surface area contributed by atoms with E-state index in [2.05, 4.69) is 25.7 Å². The second-order valence-corrected chi connectivity index (χ2v) is 9.52. The average Bonchev–Trinajstić information content (AvgIpc) is 3.48. The summed E-state index contributed by atoms with van der Waals surface area (Å²) in [6.45, 7) is 1.96. The quantitative estimate of drug-likeness (QED) is 0.448. The molecule has 0 saturated heterocycles. The number of carbonyl (C=O) groups excluding carboxylic acids is 1. The molecule has 2 atom stereocenters. The fraction of sp³-hybridized carbons (Fsp3) is 0.348. The number of rotatable bonds is 5. The van der Waals surface area contributed by atoms with Gasteiger partial charge in [-0.25, -0.2) is 13.8 Å². The molecule has 1 amide bonds. The van der Waals surface area contributed by atoms with E-state index in [1.807, 2.05) is 25.1 Å². The standard InChI is InChI=1S/C23H22F2N6OS/c1-13-4-3-5-17-19(13)26-22(33-17)27-21(32)18(16-10-11-23(24,25)12-16)14-6-8-15(9-7-14)20-28-30-31(2)29-20/h3-9,16,18H,10-12H2,1-2H3,(H,26,27,32)/t16-,18+/m0/s1. The number of amides is 1. The summed E-state index contributed by atoms with van der Waals surface area (Å²) in [5.41, 5.74) is 3.27. The number of hydrogen-bond acceptors (Lipinski definition) is 6. The van der Waals surface area contributed by atoms with Crippen molar-refractivity contribution in [2.45, 2.75) is 38.0 Å². The summed E-state index contributed by atoms with van der Waals surface area (Å²) >= 11 is 1.38. The van der Waals surface area contributed by atoms with Crippen LogP contribution in [0, 0.1) is 12.8 Å². The maximum absolute atomic E-state index is 14.1. The van der Waals surface area contributed by atoms with Crippen molar-refractivity contribution in [3.8, 4) is 11.4 Å². The van der Waals surface area contributed by atoms with Crippen molar-refractivity contribution >= 4 is 32.6 Å². The summed E-state index contributed by atoms with van der Waals surface area (Å²) in [7, 11) is 1.68. The van der Waals surface area contributed by atoms with E-state index < -0.39 is 17.8 Å². The Morgan fingerprint density at radius 3 is 2.67 bits per heavy atom. The number of benzene rings is 2. The van der Waals surface area contributed by atoms with Crippen molar-refractivity contribution in [2.24, 2.45) is 13.0 Å². The van der Waals surface area contributed by atoms with Gasteiger partial charge < -0.3 is 5.32 Å². The highest BCUT2D eigenvalue weighted by molar-refractivity contribution is 7.22. The zero-order valence-electron chi connectivity index (χ0n) is 18.1. The van der Waals surface area contributed by atoms with Gasteiger partial charge in [-0.3, -0.25) is 4.79 Å². The number of anilines is 1. The molecule has 1 N–H and O–H groups in total. The highest BCUT2D eigenvalue weighted by atomic mass is 32.1. The lowest BCUT2D eigenvalue weighted by Gasteiger charge is -2.23. The summed E-state index contributed by atoms with van der Waals surface area (Å²) in [6, 6.07) is 13.0. The van der Waals surface area contributed by atoms with Crippen LogP contribution in [0.25, 0.3) is 21.6 Å². The Kier molecular flexibility index (Phi) is 5.40. The number of thiazole rings is 1. The van der Waals surface area contributed by atoms with Crippen LogP contribution in [-0.4, -0.2) is 37.0 Å². The van der Waals surface area contributed by atoms with Crippen LogP contribution >= 0.6 is 11.3 Å². The Morgan fingerprint density at radius 1 is 1.24 bits per heavy atom. The van der Waals surface area contributed by atoms with Gasteiger partial charge >= 0.3 is 0 Å². The van der Waals surface area contributed by atoms with Crippen molar-refractivity contribution < 1.29 is 13.6 Å². The lowest BCUT2D eigenvalue weighted by atomic mass is 9.83. The van der Waals surface area contributed by atoms with Crippen molar-refractivity contribution in [2.75, 3.05) is 5.32 Å². The van der Waals surface area contributed by atoms with Crippen molar-refractivity contribution in [3.63, 3.8) is 0 Å². The largest absolute Gasteiger partial charge is 0.301 e. The minimum Gasteiger partial charge on any atom is -0.301 e. The fourth-order valence-corrected chi connectivity index (χ4v) is 5.42. The Balaban J connectivity index is 1.45. The van der Waals surface area contributed by atoms with E-state index in [4.69, 9.17) is 0 Å². The maximum atomic E-state index is 14.1. The topological polar surface area (TPSA) is 85.6 Å². The van der Waals surface area contributed by atoms with E-state index in [1.54, 1.807) is 31.3 Å². The molecule has 2 aromatic heterocycles. The molecule has 1 aliphatic rings. The summed E-state index contributed by atoms with van der Waals surface area (Å²) < 4.78 is 29.1. The van der Waals surface area contributed by atoms with Crippen LogP contribution in [0.15, 0.2) is 42.5 Å². The normalized spacial score (nSPS) is 18.5. The van der Waals surface area contributed by atoms with Crippen LogP contribution in [0.3, 0.4) is 0 Å². The Hall–Kier alpha value is -3.27. The number of fused-ring (bicyclic) bond motifs is 1. The number of aromatic nitrogens is 5. The number of para-hydroxylation sites is 1.